The molecule has 9 heteroatoms. The maximum Gasteiger partial charge on any atom is 0.330 e. The first kappa shape index (κ1) is 9.70. The highest BCUT2D eigenvalue weighted by Gasteiger charge is 2.54. The molecule has 1 aliphatic rings. The van der Waals surface area contributed by atoms with Gasteiger partial charge in [0.2, 0.25) is 0 Å². The monoisotopic (exact) mass is 281 g/mol. The Balaban J connectivity index is 2.59. The summed E-state index contributed by atoms with van der Waals surface area (Å²) in [4.78, 5) is 24.4. The van der Waals surface area contributed by atoms with E-state index in [4.69, 9.17) is 20.5 Å². The van der Waals surface area contributed by atoms with Gasteiger partial charge in [-0.3, -0.25) is 14.3 Å². The normalized spacial score (nSPS) is 43.2. The number of nitrogens with zero attached hydrogens (tertiary/aromatic N) is 1. The number of H-pyrrole nitrogens is 1. The molecule has 1 aromatic rings. The van der Waals surface area contributed by atoms with Gasteiger partial charge in [0, 0.05) is 12.3 Å². The van der Waals surface area contributed by atoms with E-state index in [2.05, 4.69) is 0 Å². The Hall–Kier alpha value is -1.19. The Bertz CT molecular complexity index is 674. The van der Waals surface area contributed by atoms with Crippen LogP contribution < -0.4 is 11.2 Å². The zero-order valence-corrected chi connectivity index (χ0v) is 9.46. The number of halogens is 1. The van der Waals surface area contributed by atoms with E-state index in [-0.39, 0.29) is 0 Å². The van der Waals surface area contributed by atoms with Crippen LogP contribution in [0, 0.1) is 0 Å². The van der Waals surface area contributed by atoms with Gasteiger partial charge in [-0.1, -0.05) is 11.6 Å². The van der Waals surface area contributed by atoms with E-state index in [1.807, 2.05) is 0 Å². The lowest BCUT2D eigenvalue weighted by Crippen LogP contribution is -2.41. The summed E-state index contributed by atoms with van der Waals surface area (Å²) in [5.41, 5.74) is -1.93. The largest absolute Gasteiger partial charge is 0.392 e. The van der Waals surface area contributed by atoms with E-state index in [0.29, 0.717) is 4.57 Å². The number of hydrogen-bond acceptors (Lipinski definition) is 6. The molecule has 0 bridgehead atoms. The molecule has 0 unspecified atom stereocenters. The highest BCUT2D eigenvalue weighted by Crippen LogP contribution is 2.38. The Kier molecular flexibility index (Phi) is 2.42. The van der Waals surface area contributed by atoms with Crippen LogP contribution in [-0.4, -0.2) is 48.7 Å². The average molecular weight is 282 g/mol. The van der Waals surface area contributed by atoms with E-state index >= 15 is 0 Å². The van der Waals surface area contributed by atoms with Crippen molar-refractivity contribution in [2.24, 2.45) is 0 Å². The van der Waals surface area contributed by atoms with Crippen molar-refractivity contribution in [2.45, 2.75) is 23.5 Å². The van der Waals surface area contributed by atoms with Crippen LogP contribution in [0.1, 0.15) is 10.3 Å². The van der Waals surface area contributed by atoms with Gasteiger partial charge < -0.3 is 20.1 Å². The SMILES string of the molecule is [2H]C([2H])(O)[C@@]1(Cl)O[C@@]([2H])(n2ccc(=O)[nH]c2=O)[C@H](O)[C@@H]1O. The van der Waals surface area contributed by atoms with Crippen LogP contribution in [0.4, 0.5) is 0 Å². The molecule has 2 rings (SSSR count). The first-order chi connectivity index (χ1) is 9.43. The molecule has 4 N–H and O–H groups in total. The third-order valence-corrected chi connectivity index (χ3v) is 2.78. The summed E-state index contributed by atoms with van der Waals surface area (Å²) in [6, 6.07) is 0.849. The summed E-state index contributed by atoms with van der Waals surface area (Å²) in [5.74, 6) is 0. The lowest BCUT2D eigenvalue weighted by molar-refractivity contribution is -0.0787. The molecule has 1 aromatic heterocycles. The molecule has 0 spiro atoms. The highest BCUT2D eigenvalue weighted by molar-refractivity contribution is 6.23. The van der Waals surface area contributed by atoms with Crippen molar-refractivity contribution in [3.05, 3.63) is 33.1 Å². The summed E-state index contributed by atoms with van der Waals surface area (Å²) >= 11 is 5.65. The first-order valence-corrected chi connectivity index (χ1v) is 5.11. The zero-order valence-electron chi connectivity index (χ0n) is 11.7. The minimum atomic E-state index is -3.33. The number of ether oxygens (including phenoxy) is 1. The summed E-state index contributed by atoms with van der Waals surface area (Å²) in [7, 11) is 0. The van der Waals surface area contributed by atoms with Gasteiger partial charge in [0.25, 0.3) is 5.56 Å². The predicted molar refractivity (Wildman–Crippen MR) is 59.1 cm³/mol. The maximum atomic E-state index is 11.7. The molecule has 0 saturated carbocycles. The van der Waals surface area contributed by atoms with Gasteiger partial charge in [-0.15, -0.1) is 0 Å². The molecular weight excluding hydrogens is 268 g/mol. The number of hydrogen-bond donors (Lipinski definition) is 4. The second-order valence-corrected chi connectivity index (χ2v) is 4.13. The van der Waals surface area contributed by atoms with Crippen LogP contribution in [0.5, 0.6) is 0 Å². The molecule has 4 atom stereocenters. The number of aliphatic hydroxyl groups excluding tert-OH is 2. The predicted octanol–water partition coefficient (Wildman–Crippen LogP) is -2.29. The summed E-state index contributed by atoms with van der Waals surface area (Å²) < 4.78 is 27.4. The molecule has 2 heterocycles. The lowest BCUT2D eigenvalue weighted by Gasteiger charge is -2.21. The van der Waals surface area contributed by atoms with Gasteiger partial charge in [-0.25, -0.2) is 4.79 Å². The van der Waals surface area contributed by atoms with Crippen LogP contribution >= 0.6 is 11.6 Å². The molecule has 18 heavy (non-hydrogen) atoms. The molecule has 1 saturated heterocycles. The lowest BCUT2D eigenvalue weighted by atomic mass is 10.1. The number of aromatic amines is 1. The first-order valence-electron chi connectivity index (χ1n) is 6.23. The third kappa shape index (κ3) is 1.98. The Morgan fingerprint density at radius 1 is 1.67 bits per heavy atom. The minimum Gasteiger partial charge on any atom is -0.392 e. The number of aliphatic hydroxyl groups is 3. The Morgan fingerprint density at radius 2 is 2.33 bits per heavy atom. The van der Waals surface area contributed by atoms with E-state index in [0.717, 1.165) is 12.3 Å². The molecule has 1 fully saturated rings. The number of rotatable bonds is 2. The van der Waals surface area contributed by atoms with Gasteiger partial charge >= 0.3 is 5.69 Å². The van der Waals surface area contributed by atoms with Gasteiger partial charge in [0.15, 0.2) is 11.3 Å². The number of aromatic nitrogens is 2. The third-order valence-electron chi connectivity index (χ3n) is 2.40. The van der Waals surface area contributed by atoms with Crippen molar-refractivity contribution < 1.29 is 24.2 Å². The van der Waals surface area contributed by atoms with Crippen LogP contribution in [0.3, 0.4) is 0 Å². The average Bonchev–Trinajstić information content (AvgIpc) is 2.51. The quantitative estimate of drug-likeness (QED) is 0.453. The maximum absolute atomic E-state index is 11.7. The number of nitrogens with one attached hydrogen (secondary N) is 1. The zero-order chi connectivity index (χ0) is 16.2. The topological polar surface area (TPSA) is 125 Å². The Morgan fingerprint density at radius 3 is 2.83 bits per heavy atom. The van der Waals surface area contributed by atoms with Crippen LogP contribution in [-0.2, 0) is 4.74 Å². The number of alkyl halides is 1. The second kappa shape index (κ2) is 4.48. The Labute approximate surface area is 109 Å². The van der Waals surface area contributed by atoms with Crippen molar-refractivity contribution in [1.29, 1.82) is 0 Å². The van der Waals surface area contributed by atoms with Gasteiger partial charge in [0.1, 0.15) is 12.2 Å². The van der Waals surface area contributed by atoms with Crippen molar-refractivity contribution in [3.63, 3.8) is 0 Å². The van der Waals surface area contributed by atoms with Crippen LogP contribution in [0.15, 0.2) is 21.9 Å². The van der Waals surface area contributed by atoms with Crippen LogP contribution in [0.25, 0.3) is 0 Å². The van der Waals surface area contributed by atoms with Crippen molar-refractivity contribution in [1.82, 2.24) is 9.55 Å². The molecule has 0 aromatic carbocycles. The van der Waals surface area contributed by atoms with E-state index in [1.165, 1.54) is 0 Å². The van der Waals surface area contributed by atoms with Gasteiger partial charge in [-0.2, -0.15) is 0 Å². The van der Waals surface area contributed by atoms with Gasteiger partial charge in [0.05, 0.1) is 10.7 Å². The summed E-state index contributed by atoms with van der Waals surface area (Å²) in [5, 5.41) is 26.1. The van der Waals surface area contributed by atoms with Crippen LogP contribution in [0.2, 0.25) is 0 Å². The molecule has 0 amide bonds. The minimum absolute atomic E-state index is 0.401. The van der Waals surface area contributed by atoms with Crippen molar-refractivity contribution in [2.75, 3.05) is 6.56 Å². The second-order valence-electron chi connectivity index (χ2n) is 3.57. The molecule has 0 aliphatic carbocycles. The fourth-order valence-corrected chi connectivity index (χ4v) is 1.68. The highest BCUT2D eigenvalue weighted by atomic mass is 35.5. The molecule has 0 radical (unpaired) electrons. The molecule has 1 aliphatic heterocycles. The molecular formula is C9H11ClN2O6. The van der Waals surface area contributed by atoms with E-state index < -0.39 is 41.3 Å². The van der Waals surface area contributed by atoms with E-state index in [1.54, 1.807) is 4.98 Å². The van der Waals surface area contributed by atoms with Gasteiger partial charge in [-0.05, 0) is 0 Å². The molecule has 100 valence electrons. The summed E-state index contributed by atoms with van der Waals surface area (Å²) in [6.45, 7) is -3.33. The summed E-state index contributed by atoms with van der Waals surface area (Å²) in [6.07, 6.45) is -6.35. The van der Waals surface area contributed by atoms with Crippen molar-refractivity contribution in [3.8, 4) is 0 Å². The smallest absolute Gasteiger partial charge is 0.330 e. The van der Waals surface area contributed by atoms with E-state index in [9.17, 15) is 24.9 Å². The fourth-order valence-electron chi connectivity index (χ4n) is 1.48. The standard InChI is InChI=1S/C9H11ClN2O6/c10-9(3-13)6(16)5(15)7(18-9)12-2-1-4(14)11-8(12)17/h1-2,5-7,13,15-16H,3H2,(H,11,14,17)/t5-,6+,7-,9-/m1/s1/i3D2,7D. The fraction of sp³-hybridized carbons (Fsp3) is 0.556. The van der Waals surface area contributed by atoms with Crippen molar-refractivity contribution >= 4 is 11.6 Å². The molecule has 8 nitrogen and oxygen atoms in total.